The quantitative estimate of drug-likeness (QED) is 0.428. The Kier molecular flexibility index (Phi) is 5.43. The number of hydrogen-bond acceptors (Lipinski definition) is 5. The minimum Gasteiger partial charge on any atom is -0.495 e. The van der Waals surface area contributed by atoms with Gasteiger partial charge in [0, 0.05) is 12.1 Å². The van der Waals surface area contributed by atoms with Gasteiger partial charge in [-0.05, 0) is 36.8 Å². The van der Waals surface area contributed by atoms with Gasteiger partial charge in [-0.15, -0.1) is 6.58 Å². The van der Waals surface area contributed by atoms with E-state index in [1.165, 1.54) is 25.3 Å². The number of nitro benzene ring substituents is 1. The lowest BCUT2D eigenvalue weighted by atomic mass is 10.2. The molecule has 0 heterocycles. The molecule has 8 heteroatoms. The number of non-ortho nitro benzene ring substituents is 1. The Hall–Kier alpha value is -2.87. The van der Waals surface area contributed by atoms with Gasteiger partial charge in [0.25, 0.3) is 15.7 Å². The molecule has 0 bridgehead atoms. The van der Waals surface area contributed by atoms with Gasteiger partial charge in [0.2, 0.25) is 0 Å². The van der Waals surface area contributed by atoms with Crippen LogP contribution in [0.15, 0.2) is 60.0 Å². The second-order valence-electron chi connectivity index (χ2n) is 5.25. The molecule has 0 aromatic heterocycles. The molecule has 0 radical (unpaired) electrons. The molecule has 2 aromatic rings. The number of rotatable bonds is 7. The van der Waals surface area contributed by atoms with Crippen LogP contribution in [0.2, 0.25) is 0 Å². The third-order valence-corrected chi connectivity index (χ3v) is 5.33. The summed E-state index contributed by atoms with van der Waals surface area (Å²) in [5, 5.41) is 10.8. The summed E-state index contributed by atoms with van der Waals surface area (Å²) < 4.78 is 32.5. The standard InChI is InChI=1S/C17H18N2O5S/c1-4-11-18(16-12-13(2)5-10-17(16)24-3)25(22,23)15-8-6-14(7-9-15)19(20)21/h4-10,12H,1,11H2,2-3H3. The fraction of sp³-hybridized carbons (Fsp3) is 0.176. The minimum atomic E-state index is -3.95. The summed E-state index contributed by atoms with van der Waals surface area (Å²) in [5.74, 6) is 0.401. The van der Waals surface area contributed by atoms with Crippen LogP contribution < -0.4 is 9.04 Å². The number of sulfonamides is 1. The average Bonchev–Trinajstić information content (AvgIpc) is 2.59. The van der Waals surface area contributed by atoms with E-state index >= 15 is 0 Å². The summed E-state index contributed by atoms with van der Waals surface area (Å²) in [5.41, 5.74) is 1.06. The first-order valence-corrected chi connectivity index (χ1v) is 8.78. The molecule has 0 saturated carbocycles. The Morgan fingerprint density at radius 1 is 1.24 bits per heavy atom. The van der Waals surface area contributed by atoms with Crippen LogP contribution >= 0.6 is 0 Å². The highest BCUT2D eigenvalue weighted by atomic mass is 32.2. The first kappa shape index (κ1) is 18.5. The zero-order valence-corrected chi connectivity index (χ0v) is 14.7. The van der Waals surface area contributed by atoms with Crippen molar-refractivity contribution in [1.29, 1.82) is 0 Å². The molecule has 0 aliphatic carbocycles. The maximum absolute atomic E-state index is 13.0. The topological polar surface area (TPSA) is 89.8 Å². The van der Waals surface area contributed by atoms with Crippen LogP contribution in [0.25, 0.3) is 0 Å². The molecule has 0 fully saturated rings. The van der Waals surface area contributed by atoms with Gasteiger partial charge < -0.3 is 4.74 Å². The van der Waals surface area contributed by atoms with Crippen LogP contribution in [0, 0.1) is 17.0 Å². The van der Waals surface area contributed by atoms with E-state index in [2.05, 4.69) is 6.58 Å². The van der Waals surface area contributed by atoms with Crippen LogP contribution in [0.1, 0.15) is 5.56 Å². The van der Waals surface area contributed by atoms with Crippen molar-refractivity contribution in [2.75, 3.05) is 18.0 Å². The van der Waals surface area contributed by atoms with Crippen molar-refractivity contribution in [3.63, 3.8) is 0 Å². The van der Waals surface area contributed by atoms with Crippen molar-refractivity contribution in [3.8, 4) is 5.75 Å². The van der Waals surface area contributed by atoms with Gasteiger partial charge in [-0.1, -0.05) is 12.1 Å². The van der Waals surface area contributed by atoms with Crippen LogP contribution in [0.3, 0.4) is 0 Å². The first-order chi connectivity index (χ1) is 11.8. The average molecular weight is 362 g/mol. The fourth-order valence-corrected chi connectivity index (χ4v) is 3.74. The third-order valence-electron chi connectivity index (χ3n) is 3.53. The number of nitrogens with zero attached hydrogens (tertiary/aromatic N) is 2. The number of ether oxygens (including phenoxy) is 1. The molecule has 0 aliphatic heterocycles. The van der Waals surface area contributed by atoms with Gasteiger partial charge in [0.05, 0.1) is 29.2 Å². The first-order valence-electron chi connectivity index (χ1n) is 7.34. The van der Waals surface area contributed by atoms with Gasteiger partial charge in [0.1, 0.15) is 5.75 Å². The number of anilines is 1. The Morgan fingerprint density at radius 3 is 2.40 bits per heavy atom. The predicted molar refractivity (Wildman–Crippen MR) is 95.6 cm³/mol. The van der Waals surface area contributed by atoms with Crippen molar-refractivity contribution >= 4 is 21.4 Å². The highest BCUT2D eigenvalue weighted by molar-refractivity contribution is 7.92. The molecule has 0 saturated heterocycles. The largest absolute Gasteiger partial charge is 0.495 e. The smallest absolute Gasteiger partial charge is 0.269 e. The molecule has 0 unspecified atom stereocenters. The lowest BCUT2D eigenvalue weighted by molar-refractivity contribution is -0.384. The lowest BCUT2D eigenvalue weighted by Crippen LogP contribution is -2.31. The zero-order chi connectivity index (χ0) is 18.6. The van der Waals surface area contributed by atoms with Crippen molar-refractivity contribution in [2.24, 2.45) is 0 Å². The molecule has 0 atom stereocenters. The van der Waals surface area contributed by atoms with E-state index in [-0.39, 0.29) is 17.1 Å². The molecule has 0 amide bonds. The highest BCUT2D eigenvalue weighted by Crippen LogP contribution is 2.33. The summed E-state index contributed by atoms with van der Waals surface area (Å²) in [6, 6.07) is 9.95. The monoisotopic (exact) mass is 362 g/mol. The molecular weight excluding hydrogens is 344 g/mol. The van der Waals surface area contributed by atoms with Gasteiger partial charge >= 0.3 is 0 Å². The van der Waals surface area contributed by atoms with E-state index in [0.29, 0.717) is 11.4 Å². The predicted octanol–water partition coefficient (Wildman–Crippen LogP) is 3.29. The molecule has 25 heavy (non-hydrogen) atoms. The lowest BCUT2D eigenvalue weighted by Gasteiger charge is -2.25. The second kappa shape index (κ2) is 7.35. The summed E-state index contributed by atoms with van der Waals surface area (Å²) in [6.45, 7) is 5.48. The Balaban J connectivity index is 2.57. The van der Waals surface area contributed by atoms with Crippen LogP contribution in [-0.2, 0) is 10.0 Å². The SMILES string of the molecule is C=CCN(c1cc(C)ccc1OC)S(=O)(=O)c1ccc([N+](=O)[O-])cc1. The van der Waals surface area contributed by atoms with Gasteiger partial charge in [-0.25, -0.2) is 8.42 Å². The minimum absolute atomic E-state index is 0.0269. The van der Waals surface area contributed by atoms with E-state index in [1.54, 1.807) is 12.1 Å². The summed E-state index contributed by atoms with van der Waals surface area (Å²) in [6.07, 6.45) is 1.46. The van der Waals surface area contributed by atoms with E-state index in [1.807, 2.05) is 13.0 Å². The second-order valence-corrected chi connectivity index (χ2v) is 7.11. The molecule has 7 nitrogen and oxygen atoms in total. The zero-order valence-electron chi connectivity index (χ0n) is 13.9. The third kappa shape index (κ3) is 3.80. The van der Waals surface area contributed by atoms with E-state index in [4.69, 9.17) is 4.74 Å². The van der Waals surface area contributed by atoms with Gasteiger partial charge in [-0.2, -0.15) is 0 Å². The number of methoxy groups -OCH3 is 1. The molecule has 0 N–H and O–H groups in total. The van der Waals surface area contributed by atoms with E-state index in [0.717, 1.165) is 22.0 Å². The maximum atomic E-state index is 13.0. The van der Waals surface area contributed by atoms with Crippen molar-refractivity contribution in [3.05, 3.63) is 70.8 Å². The fourth-order valence-electron chi connectivity index (χ4n) is 2.31. The van der Waals surface area contributed by atoms with Gasteiger partial charge in [-0.3, -0.25) is 14.4 Å². The summed E-state index contributed by atoms with van der Waals surface area (Å²) in [7, 11) is -2.49. The maximum Gasteiger partial charge on any atom is 0.269 e. The molecule has 0 aliphatic rings. The Morgan fingerprint density at radius 2 is 1.88 bits per heavy atom. The van der Waals surface area contributed by atoms with E-state index < -0.39 is 14.9 Å². The summed E-state index contributed by atoms with van der Waals surface area (Å²) >= 11 is 0. The summed E-state index contributed by atoms with van der Waals surface area (Å²) in [4.78, 5) is 10.1. The normalized spacial score (nSPS) is 11.0. The number of aryl methyl sites for hydroxylation is 1. The van der Waals surface area contributed by atoms with Crippen LogP contribution in [-0.4, -0.2) is 27.0 Å². The molecule has 2 rings (SSSR count). The highest BCUT2D eigenvalue weighted by Gasteiger charge is 2.27. The van der Waals surface area contributed by atoms with Crippen LogP contribution in [0.5, 0.6) is 5.75 Å². The molecular formula is C17H18N2O5S. The van der Waals surface area contributed by atoms with Gasteiger partial charge in [0.15, 0.2) is 0 Å². The Bertz CT molecular complexity index is 892. The molecule has 132 valence electrons. The molecule has 0 spiro atoms. The number of nitro groups is 1. The number of benzene rings is 2. The van der Waals surface area contributed by atoms with Crippen molar-refractivity contribution in [1.82, 2.24) is 0 Å². The molecule has 2 aromatic carbocycles. The number of hydrogen-bond donors (Lipinski definition) is 0. The Labute approximate surface area is 146 Å². The van der Waals surface area contributed by atoms with E-state index in [9.17, 15) is 18.5 Å². The van der Waals surface area contributed by atoms with Crippen molar-refractivity contribution in [2.45, 2.75) is 11.8 Å². The van der Waals surface area contributed by atoms with Crippen molar-refractivity contribution < 1.29 is 18.1 Å². The van der Waals surface area contributed by atoms with Crippen LogP contribution in [0.4, 0.5) is 11.4 Å².